The highest BCUT2D eigenvalue weighted by Crippen LogP contribution is 2.20. The molecule has 0 atom stereocenters. The van der Waals surface area contributed by atoms with Gasteiger partial charge in [0, 0.05) is 11.6 Å². The van der Waals surface area contributed by atoms with Crippen molar-refractivity contribution in [2.24, 2.45) is 0 Å². The van der Waals surface area contributed by atoms with Gasteiger partial charge >= 0.3 is 5.97 Å². The van der Waals surface area contributed by atoms with E-state index in [0.29, 0.717) is 5.56 Å². The molecule has 0 radical (unpaired) electrons. The van der Waals surface area contributed by atoms with Crippen LogP contribution in [0.1, 0.15) is 15.9 Å². The largest absolute Gasteiger partial charge is 0.380 e. The van der Waals surface area contributed by atoms with E-state index in [0.717, 1.165) is 16.5 Å². The zero-order valence-electron chi connectivity index (χ0n) is 8.03. The molecule has 0 amide bonds. The van der Waals surface area contributed by atoms with Crippen LogP contribution in [0.2, 0.25) is 0 Å². The van der Waals surface area contributed by atoms with E-state index in [4.69, 9.17) is 0 Å². The van der Waals surface area contributed by atoms with Crippen molar-refractivity contribution in [3.05, 3.63) is 41.6 Å². The minimum absolute atomic E-state index is 0.391. The van der Waals surface area contributed by atoms with Crippen molar-refractivity contribution in [2.75, 3.05) is 0 Å². The van der Waals surface area contributed by atoms with Gasteiger partial charge < -0.3 is 3.83 Å². The van der Waals surface area contributed by atoms with Crippen LogP contribution in [0.4, 0.5) is 0 Å². The number of benzene rings is 1. The summed E-state index contributed by atoms with van der Waals surface area (Å²) in [4.78, 5) is 15.6. The topological polar surface area (TPSA) is 39.2 Å². The molecule has 0 fully saturated rings. The molecule has 15 heavy (non-hydrogen) atoms. The summed E-state index contributed by atoms with van der Waals surface area (Å²) in [6.45, 7) is 1.88. The molecule has 2 rings (SSSR count). The minimum atomic E-state index is -0.391. The molecule has 0 saturated carbocycles. The molecular weight excluding hydrogens is 258 g/mol. The van der Waals surface area contributed by atoms with Crippen molar-refractivity contribution >= 4 is 33.1 Å². The number of aryl methyl sites for hydroxylation is 1. The number of halogens is 1. The lowest BCUT2D eigenvalue weighted by atomic mass is 10.0. The van der Waals surface area contributed by atoms with Crippen LogP contribution in [0, 0.1) is 6.92 Å². The summed E-state index contributed by atoms with van der Waals surface area (Å²) < 4.78 is 4.52. The maximum atomic E-state index is 11.4. The Morgan fingerprint density at radius 3 is 2.93 bits per heavy atom. The molecular formula is C11H8BrNO2. The number of hydrogen-bond donors (Lipinski definition) is 0. The lowest BCUT2D eigenvalue weighted by molar-refractivity contribution is 0.0781. The molecule has 0 bridgehead atoms. The van der Waals surface area contributed by atoms with Crippen LogP contribution in [0.3, 0.4) is 0 Å². The lowest BCUT2D eigenvalue weighted by Crippen LogP contribution is -2.01. The first-order valence-electron chi connectivity index (χ1n) is 4.41. The zero-order valence-corrected chi connectivity index (χ0v) is 9.61. The molecule has 0 aliphatic heterocycles. The van der Waals surface area contributed by atoms with Crippen LogP contribution in [0.5, 0.6) is 0 Å². The fourth-order valence-electron chi connectivity index (χ4n) is 1.56. The molecule has 0 aliphatic rings. The van der Waals surface area contributed by atoms with Crippen LogP contribution < -0.4 is 0 Å². The lowest BCUT2D eigenvalue weighted by Gasteiger charge is -2.05. The van der Waals surface area contributed by atoms with Crippen LogP contribution in [0.25, 0.3) is 10.9 Å². The van der Waals surface area contributed by atoms with Crippen LogP contribution >= 0.6 is 16.3 Å². The summed E-state index contributed by atoms with van der Waals surface area (Å²) in [7, 11) is 0. The highest BCUT2D eigenvalue weighted by atomic mass is 79.9. The summed E-state index contributed by atoms with van der Waals surface area (Å²) in [5.41, 5.74) is 2.30. The minimum Gasteiger partial charge on any atom is -0.380 e. The molecule has 2 aromatic rings. The fraction of sp³-hybridized carbons (Fsp3) is 0.0909. The Morgan fingerprint density at radius 1 is 1.40 bits per heavy atom. The average Bonchev–Trinajstić information content (AvgIpc) is 2.29. The van der Waals surface area contributed by atoms with Crippen molar-refractivity contribution in [2.45, 2.75) is 6.92 Å². The van der Waals surface area contributed by atoms with E-state index in [1.165, 1.54) is 0 Å². The molecule has 4 heteroatoms. The second-order valence-corrected chi connectivity index (χ2v) is 3.50. The zero-order chi connectivity index (χ0) is 10.8. The van der Waals surface area contributed by atoms with Crippen molar-refractivity contribution in [3.8, 4) is 0 Å². The Labute approximate surface area is 95.5 Å². The summed E-state index contributed by atoms with van der Waals surface area (Å²) in [5, 5.41) is 0.966. The molecule has 0 N–H and O–H groups in total. The second-order valence-electron chi connectivity index (χ2n) is 3.17. The van der Waals surface area contributed by atoms with Gasteiger partial charge in [0.1, 0.15) is 0 Å². The van der Waals surface area contributed by atoms with Gasteiger partial charge in [-0.05, 0) is 30.7 Å². The Bertz CT molecular complexity index is 525. The summed E-state index contributed by atoms with van der Waals surface area (Å²) >= 11 is 2.68. The maximum absolute atomic E-state index is 11.4. The first-order valence-corrected chi connectivity index (χ1v) is 5.06. The van der Waals surface area contributed by atoms with E-state index >= 15 is 0 Å². The van der Waals surface area contributed by atoms with Gasteiger partial charge in [0.25, 0.3) is 0 Å². The van der Waals surface area contributed by atoms with E-state index in [9.17, 15) is 4.79 Å². The number of rotatable bonds is 1. The van der Waals surface area contributed by atoms with Crippen LogP contribution in [-0.2, 0) is 3.83 Å². The van der Waals surface area contributed by atoms with Gasteiger partial charge in [-0.25, -0.2) is 4.79 Å². The third kappa shape index (κ3) is 1.72. The molecule has 76 valence electrons. The van der Waals surface area contributed by atoms with Crippen molar-refractivity contribution in [1.82, 2.24) is 4.98 Å². The van der Waals surface area contributed by atoms with Crippen molar-refractivity contribution in [3.63, 3.8) is 0 Å². The molecule has 1 heterocycles. The van der Waals surface area contributed by atoms with Gasteiger partial charge in [0.15, 0.2) is 16.3 Å². The summed E-state index contributed by atoms with van der Waals surface area (Å²) in [6.07, 6.45) is 1.73. The Kier molecular flexibility index (Phi) is 2.68. The highest BCUT2D eigenvalue weighted by Gasteiger charge is 2.11. The monoisotopic (exact) mass is 265 g/mol. The molecule has 1 aromatic heterocycles. The van der Waals surface area contributed by atoms with E-state index in [-0.39, 0.29) is 0 Å². The Morgan fingerprint density at radius 2 is 2.20 bits per heavy atom. The van der Waals surface area contributed by atoms with E-state index < -0.39 is 5.97 Å². The predicted molar refractivity (Wildman–Crippen MR) is 60.8 cm³/mol. The Balaban J connectivity index is 2.70. The maximum Gasteiger partial charge on any atom is 0.349 e. The standard InChI is InChI=1S/C11H8BrNO2/c1-7-8-3-2-6-13-10(8)5-4-9(7)11(14)15-12/h2-6H,1H3. The molecule has 0 spiro atoms. The Hall–Kier alpha value is -1.42. The number of pyridine rings is 1. The number of hydrogen-bond acceptors (Lipinski definition) is 3. The van der Waals surface area contributed by atoms with E-state index in [1.54, 1.807) is 12.3 Å². The van der Waals surface area contributed by atoms with E-state index in [2.05, 4.69) is 25.1 Å². The number of carbonyl (C=O) groups excluding carboxylic acids is 1. The smallest absolute Gasteiger partial charge is 0.349 e. The number of aromatic nitrogens is 1. The summed E-state index contributed by atoms with van der Waals surface area (Å²) in [5.74, 6) is -0.391. The summed E-state index contributed by atoms with van der Waals surface area (Å²) in [6, 6.07) is 7.30. The number of carbonyl (C=O) groups is 1. The molecule has 3 nitrogen and oxygen atoms in total. The molecule has 0 aliphatic carbocycles. The van der Waals surface area contributed by atoms with Crippen LogP contribution in [-0.4, -0.2) is 11.0 Å². The van der Waals surface area contributed by atoms with Gasteiger partial charge in [0.05, 0.1) is 11.1 Å². The average molecular weight is 266 g/mol. The van der Waals surface area contributed by atoms with Crippen molar-refractivity contribution < 1.29 is 8.62 Å². The fourth-order valence-corrected chi connectivity index (χ4v) is 1.74. The third-order valence-electron chi connectivity index (χ3n) is 2.34. The van der Waals surface area contributed by atoms with Gasteiger partial charge in [-0.2, -0.15) is 0 Å². The normalized spacial score (nSPS) is 10.3. The van der Waals surface area contributed by atoms with Crippen LogP contribution in [0.15, 0.2) is 30.5 Å². The van der Waals surface area contributed by atoms with Gasteiger partial charge in [-0.15, -0.1) is 0 Å². The quantitative estimate of drug-likeness (QED) is 0.796. The number of nitrogens with zero attached hydrogens (tertiary/aromatic N) is 1. The second kappa shape index (κ2) is 3.98. The number of fused-ring (bicyclic) bond motifs is 1. The van der Waals surface area contributed by atoms with Crippen molar-refractivity contribution in [1.29, 1.82) is 0 Å². The highest BCUT2D eigenvalue weighted by molar-refractivity contribution is 9.06. The first-order chi connectivity index (χ1) is 7.24. The predicted octanol–water partition coefficient (Wildman–Crippen LogP) is 3.01. The van der Waals surface area contributed by atoms with Gasteiger partial charge in [0.2, 0.25) is 0 Å². The SMILES string of the molecule is Cc1c(C(=O)OBr)ccc2ncccc12. The van der Waals surface area contributed by atoms with E-state index in [1.807, 2.05) is 25.1 Å². The van der Waals surface area contributed by atoms with Gasteiger partial charge in [-0.1, -0.05) is 6.07 Å². The molecule has 1 aromatic carbocycles. The van der Waals surface area contributed by atoms with Gasteiger partial charge in [-0.3, -0.25) is 4.98 Å². The molecule has 0 saturated heterocycles. The third-order valence-corrected chi connectivity index (χ3v) is 2.64. The first kappa shape index (κ1) is 10.1. The molecule has 0 unspecified atom stereocenters.